The van der Waals surface area contributed by atoms with Gasteiger partial charge in [0.25, 0.3) is 0 Å². The molecule has 29 heavy (non-hydrogen) atoms. The number of benzene rings is 1. The topological polar surface area (TPSA) is 76.6 Å². The molecule has 0 radical (unpaired) electrons. The van der Waals surface area contributed by atoms with Crippen molar-refractivity contribution in [3.05, 3.63) is 41.5 Å². The molecule has 0 amide bonds. The zero-order valence-electron chi connectivity index (χ0n) is 16.7. The molecule has 156 valence electrons. The predicted octanol–water partition coefficient (Wildman–Crippen LogP) is 3.02. The average Bonchev–Trinajstić information content (AvgIpc) is 2.78. The first kappa shape index (κ1) is 21.9. The van der Waals surface area contributed by atoms with Gasteiger partial charge in [0.2, 0.25) is 0 Å². The first-order valence-electron chi connectivity index (χ1n) is 9.46. The minimum absolute atomic E-state index is 0.396. The summed E-state index contributed by atoms with van der Waals surface area (Å²) in [4.78, 5) is 24.0. The van der Waals surface area contributed by atoms with Gasteiger partial charge in [-0.1, -0.05) is 42.1 Å². The van der Waals surface area contributed by atoms with E-state index in [0.717, 1.165) is 32.8 Å². The lowest BCUT2D eigenvalue weighted by atomic mass is 10.2. The molecule has 1 aliphatic rings. The Hall–Kier alpha value is -1.81. The Balaban J connectivity index is 1.77. The van der Waals surface area contributed by atoms with Gasteiger partial charge in [-0.3, -0.25) is 4.90 Å². The minimum Gasteiger partial charge on any atom is -0.465 e. The van der Waals surface area contributed by atoms with Crippen molar-refractivity contribution in [1.82, 2.24) is 14.9 Å². The summed E-state index contributed by atoms with van der Waals surface area (Å²) < 4.78 is 10.4. The Morgan fingerprint density at radius 2 is 2.00 bits per heavy atom. The second kappa shape index (κ2) is 11.4. The zero-order valence-corrected chi connectivity index (χ0v) is 18.4. The van der Waals surface area contributed by atoms with Crippen molar-refractivity contribution in [3.63, 3.8) is 0 Å². The second-order valence-electron chi connectivity index (χ2n) is 6.39. The van der Waals surface area contributed by atoms with E-state index in [1.54, 1.807) is 0 Å². The van der Waals surface area contributed by atoms with Gasteiger partial charge in [-0.15, -0.1) is 11.8 Å². The van der Waals surface area contributed by atoms with Crippen molar-refractivity contribution < 1.29 is 14.3 Å². The van der Waals surface area contributed by atoms with Crippen LogP contribution in [0.15, 0.2) is 40.5 Å². The maximum atomic E-state index is 12.5. The zero-order chi connectivity index (χ0) is 20.5. The lowest BCUT2D eigenvalue weighted by Gasteiger charge is -2.26. The van der Waals surface area contributed by atoms with E-state index in [4.69, 9.17) is 9.47 Å². The minimum atomic E-state index is -0.429. The van der Waals surface area contributed by atoms with E-state index in [2.05, 4.69) is 32.3 Å². The van der Waals surface area contributed by atoms with Crippen LogP contribution in [0.25, 0.3) is 0 Å². The number of carbonyl (C=O) groups is 1. The van der Waals surface area contributed by atoms with Crippen LogP contribution < -0.4 is 5.32 Å². The van der Waals surface area contributed by atoms with Gasteiger partial charge in [-0.2, -0.15) is 0 Å². The number of nitrogens with zero attached hydrogens (tertiary/aromatic N) is 3. The van der Waals surface area contributed by atoms with E-state index in [1.807, 2.05) is 24.5 Å². The highest BCUT2D eigenvalue weighted by atomic mass is 32.2. The number of nitrogens with one attached hydrogen (secondary N) is 1. The van der Waals surface area contributed by atoms with E-state index in [9.17, 15) is 4.79 Å². The van der Waals surface area contributed by atoms with Gasteiger partial charge in [0.05, 0.1) is 20.3 Å². The average molecular weight is 435 g/mol. The van der Waals surface area contributed by atoms with Gasteiger partial charge in [-0.05, 0) is 11.8 Å². The summed E-state index contributed by atoms with van der Waals surface area (Å²) in [6.07, 6.45) is 1.93. The summed E-state index contributed by atoms with van der Waals surface area (Å²) in [7, 11) is 1.38. The Morgan fingerprint density at radius 1 is 1.24 bits per heavy atom. The molecular formula is C20H26N4O3S2. The monoisotopic (exact) mass is 434 g/mol. The van der Waals surface area contributed by atoms with Gasteiger partial charge < -0.3 is 14.8 Å². The third-order valence-electron chi connectivity index (χ3n) is 4.47. The Kier molecular flexibility index (Phi) is 8.60. The van der Waals surface area contributed by atoms with Gasteiger partial charge in [0.1, 0.15) is 16.4 Å². The molecule has 0 saturated carbocycles. The molecule has 2 heterocycles. The number of hydrogen-bond donors (Lipinski definition) is 1. The van der Waals surface area contributed by atoms with Crippen LogP contribution in [0.4, 0.5) is 5.82 Å². The fourth-order valence-electron chi connectivity index (χ4n) is 2.91. The standard InChI is InChI=1S/C20H26N4O3S2/c1-26-19(25)16-17(21-8-9-24-10-12-27-13-11-24)22-20(28-2)23-18(16)29-14-15-6-4-3-5-7-15/h3-7H,8-14H2,1-2H3,(H,21,22,23). The molecule has 9 heteroatoms. The molecule has 0 atom stereocenters. The number of esters is 1. The lowest BCUT2D eigenvalue weighted by molar-refractivity contribution is 0.0398. The van der Waals surface area contributed by atoms with Gasteiger partial charge >= 0.3 is 5.97 Å². The molecule has 0 aliphatic carbocycles. The van der Waals surface area contributed by atoms with E-state index in [1.165, 1.54) is 36.2 Å². The Morgan fingerprint density at radius 3 is 2.69 bits per heavy atom. The van der Waals surface area contributed by atoms with Crippen LogP contribution in [0.3, 0.4) is 0 Å². The van der Waals surface area contributed by atoms with Crippen molar-refractivity contribution in [2.45, 2.75) is 15.9 Å². The van der Waals surface area contributed by atoms with Crippen molar-refractivity contribution >= 4 is 35.3 Å². The van der Waals surface area contributed by atoms with Crippen LogP contribution in [0.2, 0.25) is 0 Å². The molecule has 2 aromatic rings. The third-order valence-corrected chi connectivity index (χ3v) is 6.06. The number of ether oxygens (including phenoxy) is 2. The van der Waals surface area contributed by atoms with Crippen LogP contribution >= 0.6 is 23.5 Å². The highest BCUT2D eigenvalue weighted by Crippen LogP contribution is 2.31. The number of thioether (sulfide) groups is 2. The van der Waals surface area contributed by atoms with Crippen molar-refractivity contribution in [2.24, 2.45) is 0 Å². The maximum absolute atomic E-state index is 12.5. The molecule has 0 spiro atoms. The number of morpholine rings is 1. The van der Waals surface area contributed by atoms with Gasteiger partial charge in [0.15, 0.2) is 5.16 Å². The summed E-state index contributed by atoms with van der Waals surface area (Å²) >= 11 is 2.97. The number of aromatic nitrogens is 2. The SMILES string of the molecule is COC(=O)c1c(NCCN2CCOCC2)nc(SC)nc1SCc1ccccc1. The lowest BCUT2D eigenvalue weighted by Crippen LogP contribution is -2.39. The maximum Gasteiger partial charge on any atom is 0.344 e. The van der Waals surface area contributed by atoms with Crippen LogP contribution in [-0.4, -0.2) is 73.6 Å². The molecule has 1 fully saturated rings. The largest absolute Gasteiger partial charge is 0.465 e. The summed E-state index contributed by atoms with van der Waals surface area (Å²) in [5.41, 5.74) is 1.56. The molecule has 1 aromatic carbocycles. The molecular weight excluding hydrogens is 408 g/mol. The summed E-state index contributed by atoms with van der Waals surface area (Å²) in [6, 6.07) is 10.1. The summed E-state index contributed by atoms with van der Waals surface area (Å²) in [5.74, 6) is 0.810. The molecule has 7 nitrogen and oxygen atoms in total. The Bertz CT molecular complexity index is 802. The van der Waals surface area contributed by atoms with Gasteiger partial charge in [-0.25, -0.2) is 14.8 Å². The Labute approximate surface area is 180 Å². The number of anilines is 1. The molecule has 0 bridgehead atoms. The van der Waals surface area contributed by atoms with E-state index in [0.29, 0.717) is 33.9 Å². The second-order valence-corrected chi connectivity index (χ2v) is 8.12. The number of carbonyl (C=O) groups excluding carboxylic acids is 1. The smallest absolute Gasteiger partial charge is 0.344 e. The van der Waals surface area contributed by atoms with Crippen LogP contribution in [0.1, 0.15) is 15.9 Å². The van der Waals surface area contributed by atoms with Crippen molar-refractivity contribution in [2.75, 3.05) is 58.1 Å². The first-order chi connectivity index (χ1) is 14.2. The van der Waals surface area contributed by atoms with E-state index < -0.39 is 5.97 Å². The van der Waals surface area contributed by atoms with Crippen LogP contribution in [-0.2, 0) is 15.2 Å². The van der Waals surface area contributed by atoms with Crippen molar-refractivity contribution in [3.8, 4) is 0 Å². The number of hydrogen-bond acceptors (Lipinski definition) is 9. The fourth-order valence-corrected chi connectivity index (χ4v) is 4.31. The highest BCUT2D eigenvalue weighted by Gasteiger charge is 2.22. The molecule has 3 rings (SSSR count). The van der Waals surface area contributed by atoms with E-state index >= 15 is 0 Å². The third kappa shape index (κ3) is 6.33. The fraction of sp³-hybridized carbons (Fsp3) is 0.450. The van der Waals surface area contributed by atoms with E-state index in [-0.39, 0.29) is 0 Å². The molecule has 1 N–H and O–H groups in total. The normalized spacial score (nSPS) is 14.6. The number of methoxy groups -OCH3 is 1. The molecule has 0 unspecified atom stereocenters. The molecule has 1 saturated heterocycles. The quantitative estimate of drug-likeness (QED) is 0.277. The van der Waals surface area contributed by atoms with Crippen molar-refractivity contribution in [1.29, 1.82) is 0 Å². The molecule has 1 aromatic heterocycles. The highest BCUT2D eigenvalue weighted by molar-refractivity contribution is 7.99. The summed E-state index contributed by atoms with van der Waals surface area (Å²) in [6.45, 7) is 4.90. The van der Waals surface area contributed by atoms with Gasteiger partial charge in [0, 0.05) is 31.9 Å². The van der Waals surface area contributed by atoms with Crippen LogP contribution in [0, 0.1) is 0 Å². The summed E-state index contributed by atoms with van der Waals surface area (Å²) in [5, 5.41) is 4.59. The predicted molar refractivity (Wildman–Crippen MR) is 117 cm³/mol. The first-order valence-corrected chi connectivity index (χ1v) is 11.7. The van der Waals surface area contributed by atoms with Crippen LogP contribution in [0.5, 0.6) is 0 Å². The molecule has 1 aliphatic heterocycles. The number of rotatable bonds is 9.